The van der Waals surface area contributed by atoms with Crippen molar-refractivity contribution in [3.8, 4) is 0 Å². The zero-order valence-corrected chi connectivity index (χ0v) is 13.5. The molecule has 0 N–H and O–H groups in total. The van der Waals surface area contributed by atoms with E-state index < -0.39 is 0 Å². The predicted octanol–water partition coefficient (Wildman–Crippen LogP) is 3.12. The van der Waals surface area contributed by atoms with Gasteiger partial charge in [0.15, 0.2) is 0 Å². The molecule has 3 heterocycles. The van der Waals surface area contributed by atoms with Crippen LogP contribution in [0.2, 0.25) is 0 Å². The van der Waals surface area contributed by atoms with E-state index >= 15 is 0 Å². The molecule has 21 heavy (non-hydrogen) atoms. The van der Waals surface area contributed by atoms with Crippen LogP contribution in [0.1, 0.15) is 11.3 Å². The van der Waals surface area contributed by atoms with Crippen molar-refractivity contribution in [2.24, 2.45) is 0 Å². The summed E-state index contributed by atoms with van der Waals surface area (Å²) in [7, 11) is 1.38. The Morgan fingerprint density at radius 2 is 2.19 bits per heavy atom. The van der Waals surface area contributed by atoms with Gasteiger partial charge < -0.3 is 4.74 Å². The molecule has 0 saturated heterocycles. The zero-order chi connectivity index (χ0) is 15.0. The van der Waals surface area contributed by atoms with Gasteiger partial charge in [0.2, 0.25) is 0 Å². The van der Waals surface area contributed by atoms with E-state index in [-0.39, 0.29) is 11.7 Å². The third-order valence-electron chi connectivity index (χ3n) is 3.07. The van der Waals surface area contributed by atoms with E-state index in [4.69, 9.17) is 0 Å². The van der Waals surface area contributed by atoms with Gasteiger partial charge in [0.25, 0.3) is 0 Å². The Balaban J connectivity index is 2.15. The number of esters is 1. The summed E-state index contributed by atoms with van der Waals surface area (Å²) < 4.78 is 5.64. The lowest BCUT2D eigenvalue weighted by molar-refractivity contribution is -0.137. The number of ether oxygens (including phenoxy) is 1. The first kappa shape index (κ1) is 14.2. The standard InChI is InChI=1S/C14H13N3O2S2/c1-7-4-8(2)17-13-10(7)11-12(21-13)14(16-6-15-11)20-5-9(18)19-3/h4,6H,5H2,1-3H3. The fraction of sp³-hybridized carbons (Fsp3) is 0.286. The number of methoxy groups -OCH3 is 1. The molecule has 0 aliphatic carbocycles. The maximum Gasteiger partial charge on any atom is 0.316 e. The lowest BCUT2D eigenvalue weighted by atomic mass is 10.1. The molecule has 108 valence electrons. The van der Waals surface area contributed by atoms with Crippen LogP contribution in [0.4, 0.5) is 0 Å². The summed E-state index contributed by atoms with van der Waals surface area (Å²) in [5.74, 6) is -0.0273. The van der Waals surface area contributed by atoms with Crippen molar-refractivity contribution in [2.75, 3.05) is 12.9 Å². The highest BCUT2D eigenvalue weighted by molar-refractivity contribution is 8.00. The van der Waals surface area contributed by atoms with Crippen molar-refractivity contribution < 1.29 is 9.53 Å². The number of carbonyl (C=O) groups is 1. The first-order valence-electron chi connectivity index (χ1n) is 6.31. The molecule has 0 saturated carbocycles. The Kier molecular flexibility index (Phi) is 3.77. The van der Waals surface area contributed by atoms with Crippen LogP contribution in [0.25, 0.3) is 20.4 Å². The Morgan fingerprint density at radius 1 is 1.38 bits per heavy atom. The Morgan fingerprint density at radius 3 is 2.95 bits per heavy atom. The van der Waals surface area contributed by atoms with Crippen molar-refractivity contribution in [1.29, 1.82) is 0 Å². The van der Waals surface area contributed by atoms with Gasteiger partial charge in [-0.15, -0.1) is 11.3 Å². The SMILES string of the molecule is COC(=O)CSc1ncnc2c1sc1nc(C)cc(C)c12. The van der Waals surface area contributed by atoms with Gasteiger partial charge in [-0.25, -0.2) is 15.0 Å². The molecule has 7 heteroatoms. The maximum atomic E-state index is 11.3. The minimum Gasteiger partial charge on any atom is -0.468 e. The van der Waals surface area contributed by atoms with Gasteiger partial charge in [0.05, 0.1) is 23.1 Å². The van der Waals surface area contributed by atoms with E-state index in [1.54, 1.807) is 11.3 Å². The monoisotopic (exact) mass is 319 g/mol. The van der Waals surface area contributed by atoms with Gasteiger partial charge in [-0.3, -0.25) is 4.79 Å². The van der Waals surface area contributed by atoms with E-state index in [9.17, 15) is 4.79 Å². The van der Waals surface area contributed by atoms with Crippen LogP contribution >= 0.6 is 23.1 Å². The average molecular weight is 319 g/mol. The number of thiophene rings is 1. The number of aryl methyl sites for hydroxylation is 2. The molecular formula is C14H13N3O2S2. The molecule has 0 amide bonds. The number of hydrogen-bond acceptors (Lipinski definition) is 7. The summed E-state index contributed by atoms with van der Waals surface area (Å²) in [6, 6.07) is 2.05. The summed E-state index contributed by atoms with van der Waals surface area (Å²) >= 11 is 2.93. The molecule has 0 radical (unpaired) electrons. The van der Waals surface area contributed by atoms with Crippen molar-refractivity contribution in [3.63, 3.8) is 0 Å². The van der Waals surface area contributed by atoms with Crippen LogP contribution in [-0.4, -0.2) is 33.8 Å². The second-order valence-electron chi connectivity index (χ2n) is 4.58. The second kappa shape index (κ2) is 5.57. The van der Waals surface area contributed by atoms with Crippen LogP contribution in [0.3, 0.4) is 0 Å². The highest BCUT2D eigenvalue weighted by Gasteiger charge is 2.15. The van der Waals surface area contributed by atoms with E-state index in [0.717, 1.165) is 36.7 Å². The second-order valence-corrected chi connectivity index (χ2v) is 6.55. The first-order valence-corrected chi connectivity index (χ1v) is 8.11. The lowest BCUT2D eigenvalue weighted by Crippen LogP contribution is -2.03. The minimum atomic E-state index is -0.266. The topological polar surface area (TPSA) is 65.0 Å². The number of thioether (sulfide) groups is 1. The highest BCUT2D eigenvalue weighted by atomic mass is 32.2. The Hall–Kier alpha value is -1.73. The predicted molar refractivity (Wildman–Crippen MR) is 84.9 cm³/mol. The first-order chi connectivity index (χ1) is 10.1. The van der Waals surface area contributed by atoms with Crippen LogP contribution < -0.4 is 0 Å². The molecule has 3 aromatic rings. The fourth-order valence-electron chi connectivity index (χ4n) is 2.18. The smallest absolute Gasteiger partial charge is 0.316 e. The highest BCUT2D eigenvalue weighted by Crippen LogP contribution is 2.37. The third kappa shape index (κ3) is 2.58. The van der Waals surface area contributed by atoms with Crippen molar-refractivity contribution in [3.05, 3.63) is 23.7 Å². The molecular weight excluding hydrogens is 306 g/mol. The van der Waals surface area contributed by atoms with Gasteiger partial charge in [-0.2, -0.15) is 0 Å². The van der Waals surface area contributed by atoms with Crippen LogP contribution in [0.5, 0.6) is 0 Å². The molecule has 0 aromatic carbocycles. The summed E-state index contributed by atoms with van der Waals surface area (Å²) in [6.07, 6.45) is 1.54. The molecule has 5 nitrogen and oxygen atoms in total. The number of hydrogen-bond donors (Lipinski definition) is 0. The number of rotatable bonds is 3. The van der Waals surface area contributed by atoms with Crippen molar-refractivity contribution in [1.82, 2.24) is 15.0 Å². The Labute approximate surface area is 129 Å². The molecule has 0 fully saturated rings. The Bertz CT molecular complexity index is 845. The number of aromatic nitrogens is 3. The van der Waals surface area contributed by atoms with Crippen LogP contribution in [-0.2, 0) is 9.53 Å². The quantitative estimate of drug-likeness (QED) is 0.420. The van der Waals surface area contributed by atoms with Gasteiger partial charge in [-0.05, 0) is 25.5 Å². The number of fused-ring (bicyclic) bond motifs is 3. The fourth-order valence-corrected chi connectivity index (χ4v) is 4.34. The van der Waals surface area contributed by atoms with Crippen molar-refractivity contribution >= 4 is 49.5 Å². The van der Waals surface area contributed by atoms with Crippen LogP contribution in [0.15, 0.2) is 17.4 Å². The summed E-state index contributed by atoms with van der Waals surface area (Å²) in [4.78, 5) is 25.5. The largest absolute Gasteiger partial charge is 0.468 e. The van der Waals surface area contributed by atoms with E-state index in [1.165, 1.54) is 25.2 Å². The van der Waals surface area contributed by atoms with E-state index in [0.29, 0.717) is 0 Å². The maximum absolute atomic E-state index is 11.3. The normalized spacial score (nSPS) is 11.2. The minimum absolute atomic E-state index is 0.238. The van der Waals surface area contributed by atoms with Crippen LogP contribution in [0, 0.1) is 13.8 Å². The molecule has 0 bridgehead atoms. The molecule has 0 spiro atoms. The van der Waals surface area contributed by atoms with E-state index in [1.807, 2.05) is 6.92 Å². The van der Waals surface area contributed by atoms with Gasteiger partial charge >= 0.3 is 5.97 Å². The molecule has 3 aromatic heterocycles. The van der Waals surface area contributed by atoms with Gasteiger partial charge in [-0.1, -0.05) is 11.8 Å². The molecule has 3 rings (SSSR count). The zero-order valence-electron chi connectivity index (χ0n) is 11.8. The molecule has 0 atom stereocenters. The number of pyridine rings is 1. The third-order valence-corrected chi connectivity index (χ3v) is 5.24. The van der Waals surface area contributed by atoms with E-state index in [2.05, 4.69) is 32.7 Å². The lowest BCUT2D eigenvalue weighted by Gasteiger charge is -2.01. The molecule has 0 unspecified atom stereocenters. The molecule has 0 aliphatic heterocycles. The van der Waals surface area contributed by atoms with Crippen molar-refractivity contribution in [2.45, 2.75) is 18.9 Å². The summed E-state index contributed by atoms with van der Waals surface area (Å²) in [6.45, 7) is 4.04. The van der Waals surface area contributed by atoms with Gasteiger partial charge in [0.1, 0.15) is 16.2 Å². The summed E-state index contributed by atoms with van der Waals surface area (Å²) in [5, 5.41) is 1.87. The van der Waals surface area contributed by atoms with Gasteiger partial charge in [0, 0.05) is 11.1 Å². The number of carbonyl (C=O) groups excluding carboxylic acids is 1. The number of nitrogens with zero attached hydrogens (tertiary/aromatic N) is 3. The molecule has 0 aliphatic rings. The summed E-state index contributed by atoms with van der Waals surface area (Å²) in [5.41, 5.74) is 3.05. The average Bonchev–Trinajstić information content (AvgIpc) is 2.83.